The lowest BCUT2D eigenvalue weighted by atomic mass is 10.4. The molecular weight excluding hydrogens is 227 g/mol. The fourth-order valence-corrected chi connectivity index (χ4v) is 0.987. The maximum Gasteiger partial charge on any atom is 0.451 e. The highest BCUT2D eigenvalue weighted by atomic mass is 19.4. The molecule has 0 amide bonds. The Hall–Kier alpha value is -1.35. The van der Waals surface area contributed by atoms with E-state index in [0.29, 0.717) is 19.6 Å². The van der Waals surface area contributed by atoms with Crippen molar-refractivity contribution in [2.75, 3.05) is 25.3 Å². The molecule has 0 bridgehead atoms. The van der Waals surface area contributed by atoms with E-state index in [9.17, 15) is 13.2 Å². The molecule has 0 aliphatic rings. The minimum Gasteiger partial charge on any atom is -0.385 e. The maximum atomic E-state index is 12.2. The molecule has 0 saturated carbocycles. The summed E-state index contributed by atoms with van der Waals surface area (Å²) in [6.45, 7) is 0.771. The lowest BCUT2D eigenvalue weighted by molar-refractivity contribution is -0.144. The topological polar surface area (TPSA) is 80.1 Å². The van der Waals surface area contributed by atoms with Gasteiger partial charge in [0.05, 0.1) is 0 Å². The van der Waals surface area contributed by atoms with Gasteiger partial charge in [0.2, 0.25) is 5.82 Å². The van der Waals surface area contributed by atoms with Gasteiger partial charge < -0.3 is 4.74 Å². The molecule has 0 atom stereocenters. The molecule has 0 spiro atoms. The third kappa shape index (κ3) is 3.35. The van der Waals surface area contributed by atoms with E-state index in [0.717, 1.165) is 5.01 Å². The number of methoxy groups -OCH3 is 1. The molecule has 3 N–H and O–H groups in total. The second-order valence-corrected chi connectivity index (χ2v) is 3.02. The number of anilines is 1. The number of rotatable bonds is 5. The SMILES string of the molecule is COCCCN(N)c1n[nH]c(C(F)(F)F)n1. The molecule has 9 heteroatoms. The quantitative estimate of drug-likeness (QED) is 0.445. The summed E-state index contributed by atoms with van der Waals surface area (Å²) < 4.78 is 41.3. The van der Waals surface area contributed by atoms with E-state index in [-0.39, 0.29) is 5.95 Å². The van der Waals surface area contributed by atoms with Crippen molar-refractivity contribution in [1.82, 2.24) is 15.2 Å². The van der Waals surface area contributed by atoms with Crippen LogP contribution in [-0.4, -0.2) is 35.4 Å². The van der Waals surface area contributed by atoms with Crippen LogP contribution >= 0.6 is 0 Å². The van der Waals surface area contributed by atoms with Crippen molar-refractivity contribution >= 4 is 5.95 Å². The van der Waals surface area contributed by atoms with E-state index in [4.69, 9.17) is 10.6 Å². The Bertz CT molecular complexity index is 326. The molecule has 0 radical (unpaired) electrons. The van der Waals surface area contributed by atoms with Gasteiger partial charge in [0.25, 0.3) is 5.95 Å². The van der Waals surface area contributed by atoms with Crippen LogP contribution in [0.25, 0.3) is 0 Å². The highest BCUT2D eigenvalue weighted by Gasteiger charge is 2.35. The highest BCUT2D eigenvalue weighted by Crippen LogP contribution is 2.26. The van der Waals surface area contributed by atoms with Crippen LogP contribution in [0, 0.1) is 0 Å². The van der Waals surface area contributed by atoms with Gasteiger partial charge in [-0.15, -0.1) is 5.10 Å². The highest BCUT2D eigenvalue weighted by molar-refractivity contribution is 5.25. The van der Waals surface area contributed by atoms with Crippen molar-refractivity contribution in [3.8, 4) is 0 Å². The zero-order valence-electron chi connectivity index (χ0n) is 8.58. The molecule has 0 saturated heterocycles. The van der Waals surface area contributed by atoms with Gasteiger partial charge in [-0.25, -0.2) is 5.84 Å². The molecule has 0 aliphatic heterocycles. The number of alkyl halides is 3. The van der Waals surface area contributed by atoms with Crippen molar-refractivity contribution in [2.45, 2.75) is 12.6 Å². The number of hydrazine groups is 1. The Morgan fingerprint density at radius 3 is 2.69 bits per heavy atom. The number of nitrogens with one attached hydrogen (secondary N) is 1. The van der Waals surface area contributed by atoms with Gasteiger partial charge >= 0.3 is 6.18 Å². The molecule has 0 fully saturated rings. The van der Waals surface area contributed by atoms with Gasteiger partial charge in [-0.2, -0.15) is 18.2 Å². The van der Waals surface area contributed by atoms with Crippen molar-refractivity contribution in [2.24, 2.45) is 5.84 Å². The lowest BCUT2D eigenvalue weighted by Crippen LogP contribution is -2.33. The second-order valence-electron chi connectivity index (χ2n) is 3.02. The van der Waals surface area contributed by atoms with Gasteiger partial charge in [-0.3, -0.25) is 10.1 Å². The lowest BCUT2D eigenvalue weighted by Gasteiger charge is -2.13. The van der Waals surface area contributed by atoms with Gasteiger partial charge in [0.15, 0.2) is 0 Å². The Morgan fingerprint density at radius 2 is 2.19 bits per heavy atom. The number of H-pyrrole nitrogens is 1. The molecule has 1 aromatic rings. The number of ether oxygens (including phenoxy) is 1. The first-order valence-corrected chi connectivity index (χ1v) is 4.46. The minimum atomic E-state index is -4.54. The number of aromatic amines is 1. The molecule has 0 unspecified atom stereocenters. The largest absolute Gasteiger partial charge is 0.451 e. The van der Waals surface area contributed by atoms with Gasteiger partial charge in [-0.05, 0) is 6.42 Å². The van der Waals surface area contributed by atoms with E-state index in [1.807, 2.05) is 0 Å². The summed E-state index contributed by atoms with van der Waals surface area (Å²) in [4.78, 5) is 3.23. The van der Waals surface area contributed by atoms with Crippen LogP contribution in [0.4, 0.5) is 19.1 Å². The van der Waals surface area contributed by atoms with Crippen LogP contribution in [0.15, 0.2) is 0 Å². The molecule has 1 rings (SSSR count). The van der Waals surface area contributed by atoms with E-state index < -0.39 is 12.0 Å². The van der Waals surface area contributed by atoms with Crippen LogP contribution in [0.2, 0.25) is 0 Å². The summed E-state index contributed by atoms with van der Waals surface area (Å²) in [5.41, 5.74) is 0. The monoisotopic (exact) mass is 239 g/mol. The van der Waals surface area contributed by atoms with E-state index in [1.165, 1.54) is 7.11 Å². The second kappa shape index (κ2) is 5.12. The first-order valence-electron chi connectivity index (χ1n) is 4.46. The first kappa shape index (κ1) is 12.7. The van der Waals surface area contributed by atoms with Crippen LogP contribution < -0.4 is 10.9 Å². The normalized spacial score (nSPS) is 11.8. The third-order valence-electron chi connectivity index (χ3n) is 1.75. The smallest absolute Gasteiger partial charge is 0.385 e. The number of hydrogen-bond acceptors (Lipinski definition) is 5. The Balaban J connectivity index is 2.56. The number of hydrogen-bond donors (Lipinski definition) is 2. The van der Waals surface area contributed by atoms with Crippen molar-refractivity contribution in [3.05, 3.63) is 5.82 Å². The molecule has 0 aliphatic carbocycles. The van der Waals surface area contributed by atoms with E-state index in [1.54, 1.807) is 5.10 Å². The number of halogens is 3. The van der Waals surface area contributed by atoms with Gasteiger partial charge in [-0.1, -0.05) is 0 Å². The summed E-state index contributed by atoms with van der Waals surface area (Å²) in [6.07, 6.45) is -3.97. The van der Waals surface area contributed by atoms with E-state index in [2.05, 4.69) is 10.1 Å². The molecule has 1 aromatic heterocycles. The predicted octanol–water partition coefficient (Wildman–Crippen LogP) is 0.540. The van der Waals surface area contributed by atoms with Crippen molar-refractivity contribution in [1.29, 1.82) is 0 Å². The Kier molecular flexibility index (Phi) is 4.07. The average molecular weight is 239 g/mol. The van der Waals surface area contributed by atoms with Crippen molar-refractivity contribution < 1.29 is 17.9 Å². The molecule has 1 heterocycles. The molecule has 0 aromatic carbocycles. The molecular formula is C7H12F3N5O. The zero-order valence-corrected chi connectivity index (χ0v) is 8.58. The number of nitrogens with two attached hydrogens (primary N) is 1. The van der Waals surface area contributed by atoms with Crippen LogP contribution in [-0.2, 0) is 10.9 Å². The minimum absolute atomic E-state index is 0.191. The first-order chi connectivity index (χ1) is 7.45. The van der Waals surface area contributed by atoms with Crippen LogP contribution in [0.5, 0.6) is 0 Å². The van der Waals surface area contributed by atoms with Gasteiger partial charge in [0, 0.05) is 20.3 Å². The van der Waals surface area contributed by atoms with Crippen LogP contribution in [0.1, 0.15) is 12.2 Å². The molecule has 16 heavy (non-hydrogen) atoms. The fraction of sp³-hybridized carbons (Fsp3) is 0.714. The van der Waals surface area contributed by atoms with Gasteiger partial charge in [0.1, 0.15) is 0 Å². The average Bonchev–Trinajstić information content (AvgIpc) is 2.66. The number of aromatic nitrogens is 3. The molecule has 92 valence electrons. The molecule has 6 nitrogen and oxygen atoms in total. The standard InChI is InChI=1S/C7H12F3N5O/c1-16-4-2-3-15(11)6-12-5(13-14-6)7(8,9)10/h2-4,11H2,1H3,(H,12,13,14). The number of nitrogens with zero attached hydrogens (tertiary/aromatic N) is 3. The zero-order chi connectivity index (χ0) is 12.2. The van der Waals surface area contributed by atoms with Crippen molar-refractivity contribution in [3.63, 3.8) is 0 Å². The summed E-state index contributed by atoms with van der Waals surface area (Å²) in [5, 5.41) is 6.18. The summed E-state index contributed by atoms with van der Waals surface area (Å²) >= 11 is 0. The van der Waals surface area contributed by atoms with Crippen LogP contribution in [0.3, 0.4) is 0 Å². The Morgan fingerprint density at radius 1 is 1.50 bits per heavy atom. The summed E-state index contributed by atoms with van der Waals surface area (Å²) in [7, 11) is 1.52. The third-order valence-corrected chi connectivity index (χ3v) is 1.75. The Labute approximate surface area is 89.6 Å². The summed E-state index contributed by atoms with van der Waals surface area (Å²) in [5.74, 6) is 4.10. The maximum absolute atomic E-state index is 12.2. The summed E-state index contributed by atoms with van der Waals surface area (Å²) in [6, 6.07) is 0. The van der Waals surface area contributed by atoms with E-state index >= 15 is 0 Å². The fourth-order valence-electron chi connectivity index (χ4n) is 0.987. The predicted molar refractivity (Wildman–Crippen MR) is 49.4 cm³/mol.